The van der Waals surface area contributed by atoms with Gasteiger partial charge in [0.1, 0.15) is 0 Å². The zero-order valence-corrected chi connectivity index (χ0v) is 35.1. The number of methoxy groups -OCH3 is 1. The molecule has 11 nitrogen and oxygen atoms in total. The first-order chi connectivity index (χ1) is 28.3. The molecular formula is C46H54N8O3S2. The standard InChI is InChI=1S/C22H22N4OS.C12H12N2O.C11H16N2OS.CH4/c1-3-27-15-17-6-5-16(2)20(13-17)25-22-23-14-21(28-22)18-7-9-19(10-8-18)26-12-4-11-24-26;1-15-10-7-11-3-5-12(6-4-11)14-9-2-8-13-14;1-3-14-7-9-5-4-8(2)10(6-9)13-11(12)15;/h4-14H,3,15H2,1-2H3,(H,23,25);2-10H,1H3;4-6H,3,7H2,1-2H3,(H3,12,13,15);1H4/b;10-7+;;. The second-order valence-corrected chi connectivity index (χ2v) is 14.3. The zero-order chi connectivity index (χ0) is 41.1. The van der Waals surface area contributed by atoms with E-state index >= 15 is 0 Å². The predicted octanol–water partition coefficient (Wildman–Crippen LogP) is 10.9. The van der Waals surface area contributed by atoms with Gasteiger partial charge >= 0.3 is 0 Å². The summed E-state index contributed by atoms with van der Waals surface area (Å²) in [5, 5.41) is 16.0. The lowest BCUT2D eigenvalue weighted by molar-refractivity contribution is 0.134. The molecule has 0 fully saturated rings. The number of rotatable bonds is 14. The van der Waals surface area contributed by atoms with Crippen LogP contribution in [0.5, 0.6) is 0 Å². The van der Waals surface area contributed by atoms with Gasteiger partial charge in [-0.3, -0.25) is 0 Å². The first-order valence-electron chi connectivity index (χ1n) is 18.8. The van der Waals surface area contributed by atoms with E-state index in [1.807, 2.05) is 109 Å². The van der Waals surface area contributed by atoms with Gasteiger partial charge in [-0.2, -0.15) is 10.2 Å². The van der Waals surface area contributed by atoms with Crippen molar-refractivity contribution >= 4 is 51.2 Å². The Balaban J connectivity index is 0.000000211. The summed E-state index contributed by atoms with van der Waals surface area (Å²) in [7, 11) is 1.63. The van der Waals surface area contributed by atoms with Gasteiger partial charge < -0.3 is 30.6 Å². The number of nitrogens with two attached hydrogens (primary N) is 1. The number of nitrogens with zero attached hydrogens (tertiary/aromatic N) is 5. The van der Waals surface area contributed by atoms with Crippen molar-refractivity contribution in [3.8, 4) is 21.8 Å². The monoisotopic (exact) mass is 830 g/mol. The Hall–Kier alpha value is -6.12. The maximum atomic E-state index is 5.52. The van der Waals surface area contributed by atoms with Gasteiger partial charge in [0.2, 0.25) is 0 Å². The summed E-state index contributed by atoms with van der Waals surface area (Å²) in [5.74, 6) is 0. The smallest absolute Gasteiger partial charge is 0.187 e. The molecule has 7 rings (SSSR count). The molecule has 4 aromatic carbocycles. The third-order valence-electron chi connectivity index (χ3n) is 8.53. The van der Waals surface area contributed by atoms with E-state index in [0.717, 1.165) is 60.6 Å². The summed E-state index contributed by atoms with van der Waals surface area (Å²) in [6.07, 6.45) is 12.9. The van der Waals surface area contributed by atoms with Crippen molar-refractivity contribution in [1.82, 2.24) is 24.5 Å². The molecule has 13 heteroatoms. The molecule has 0 aliphatic rings. The van der Waals surface area contributed by atoms with Crippen molar-refractivity contribution in [2.75, 3.05) is 31.0 Å². The number of aryl methyl sites for hydroxylation is 2. The van der Waals surface area contributed by atoms with Gasteiger partial charge in [0.25, 0.3) is 0 Å². The van der Waals surface area contributed by atoms with Gasteiger partial charge in [-0.15, -0.1) is 0 Å². The van der Waals surface area contributed by atoms with Gasteiger partial charge in [0.15, 0.2) is 10.2 Å². The summed E-state index contributed by atoms with van der Waals surface area (Å²) >= 11 is 6.44. The van der Waals surface area contributed by atoms with Crippen molar-refractivity contribution in [2.45, 2.75) is 48.3 Å². The van der Waals surface area contributed by atoms with Crippen LogP contribution in [0.15, 0.2) is 134 Å². The molecule has 3 aromatic heterocycles. The first kappa shape index (κ1) is 45.6. The Bertz CT molecular complexity index is 2310. The number of hydrogen-bond donors (Lipinski definition) is 3. The molecule has 0 bridgehead atoms. The molecule has 0 saturated heterocycles. The van der Waals surface area contributed by atoms with Crippen LogP contribution in [0.2, 0.25) is 0 Å². The van der Waals surface area contributed by atoms with Gasteiger partial charge in [-0.1, -0.05) is 67.3 Å². The SMILES string of the molecule is C.CCOCc1ccc(C)c(NC(N)=S)c1.CCOCc1ccc(C)c(Nc2ncc(-c3ccc(-n4cccn4)cc3)s2)c1.CO/C=C/c1ccc(-n2cccn2)cc1. The van der Waals surface area contributed by atoms with Crippen LogP contribution in [0.4, 0.5) is 16.5 Å². The Morgan fingerprint density at radius 3 is 1.83 bits per heavy atom. The number of anilines is 3. The van der Waals surface area contributed by atoms with Gasteiger partial charge in [0.05, 0.1) is 42.8 Å². The van der Waals surface area contributed by atoms with Crippen LogP contribution in [-0.4, -0.2) is 50.0 Å². The number of ether oxygens (including phenoxy) is 3. The summed E-state index contributed by atoms with van der Waals surface area (Å²) in [5.41, 5.74) is 16.3. The van der Waals surface area contributed by atoms with E-state index in [1.165, 1.54) is 5.56 Å². The zero-order valence-electron chi connectivity index (χ0n) is 33.5. The first-order valence-corrected chi connectivity index (χ1v) is 20.0. The summed E-state index contributed by atoms with van der Waals surface area (Å²) in [6.45, 7) is 10.7. The molecule has 0 atom stereocenters. The molecule has 7 aromatic rings. The van der Waals surface area contributed by atoms with Crippen LogP contribution < -0.4 is 16.4 Å². The van der Waals surface area contributed by atoms with Crippen LogP contribution in [0.3, 0.4) is 0 Å². The molecule has 308 valence electrons. The average Bonchev–Trinajstić information content (AvgIpc) is 4.06. The minimum absolute atomic E-state index is 0. The average molecular weight is 831 g/mol. The third kappa shape index (κ3) is 14.3. The number of thiocarbonyl (C=S) groups is 1. The molecule has 0 saturated carbocycles. The van der Waals surface area contributed by atoms with Crippen molar-refractivity contribution in [3.05, 3.63) is 162 Å². The van der Waals surface area contributed by atoms with Crippen LogP contribution in [-0.2, 0) is 27.4 Å². The van der Waals surface area contributed by atoms with Gasteiger partial charge in [-0.25, -0.2) is 14.3 Å². The number of aromatic nitrogens is 5. The number of thiazole rings is 1. The van der Waals surface area contributed by atoms with E-state index in [1.54, 1.807) is 37.1 Å². The maximum Gasteiger partial charge on any atom is 0.187 e. The fourth-order valence-electron chi connectivity index (χ4n) is 5.45. The summed E-state index contributed by atoms with van der Waals surface area (Å²) < 4.78 is 19.4. The highest BCUT2D eigenvalue weighted by Crippen LogP contribution is 2.32. The predicted molar refractivity (Wildman–Crippen MR) is 248 cm³/mol. The summed E-state index contributed by atoms with van der Waals surface area (Å²) in [4.78, 5) is 5.67. The molecular weight excluding hydrogens is 777 g/mol. The molecule has 0 radical (unpaired) electrons. The highest BCUT2D eigenvalue weighted by Gasteiger charge is 2.08. The van der Waals surface area contributed by atoms with Crippen LogP contribution in [0.25, 0.3) is 27.9 Å². The molecule has 4 N–H and O–H groups in total. The van der Waals surface area contributed by atoms with E-state index in [-0.39, 0.29) is 12.5 Å². The highest BCUT2D eigenvalue weighted by atomic mass is 32.1. The lowest BCUT2D eigenvalue weighted by Crippen LogP contribution is -2.19. The maximum absolute atomic E-state index is 5.52. The van der Waals surface area contributed by atoms with E-state index in [4.69, 9.17) is 32.2 Å². The van der Waals surface area contributed by atoms with Crippen LogP contribution in [0, 0.1) is 13.8 Å². The van der Waals surface area contributed by atoms with Crippen molar-refractivity contribution in [3.63, 3.8) is 0 Å². The van der Waals surface area contributed by atoms with Crippen molar-refractivity contribution in [1.29, 1.82) is 0 Å². The normalized spacial score (nSPS) is 10.5. The molecule has 0 spiro atoms. The second-order valence-electron chi connectivity index (χ2n) is 12.8. The largest absolute Gasteiger partial charge is 0.504 e. The fourth-order valence-corrected chi connectivity index (χ4v) is 6.39. The van der Waals surface area contributed by atoms with E-state index in [2.05, 4.69) is 75.2 Å². The van der Waals surface area contributed by atoms with Crippen LogP contribution >= 0.6 is 23.6 Å². The number of benzene rings is 4. The highest BCUT2D eigenvalue weighted by molar-refractivity contribution is 7.80. The lowest BCUT2D eigenvalue weighted by Gasteiger charge is -2.10. The minimum atomic E-state index is 0. The van der Waals surface area contributed by atoms with Gasteiger partial charge in [0, 0.05) is 55.6 Å². The molecule has 0 aliphatic carbocycles. The molecule has 0 aliphatic heterocycles. The molecule has 0 amide bonds. The topological polar surface area (TPSA) is 126 Å². The number of hydrogen-bond acceptors (Lipinski definition) is 9. The third-order valence-corrected chi connectivity index (χ3v) is 9.60. The van der Waals surface area contributed by atoms with E-state index < -0.39 is 0 Å². The van der Waals surface area contributed by atoms with E-state index in [9.17, 15) is 0 Å². The van der Waals surface area contributed by atoms with Crippen LogP contribution in [0.1, 0.15) is 49.1 Å². The van der Waals surface area contributed by atoms with E-state index in [0.29, 0.717) is 26.4 Å². The molecule has 0 unspecified atom stereocenters. The minimum Gasteiger partial charge on any atom is -0.504 e. The van der Waals surface area contributed by atoms with Crippen molar-refractivity contribution < 1.29 is 14.2 Å². The Kier molecular flexibility index (Phi) is 18.5. The Labute approximate surface area is 357 Å². The second kappa shape index (κ2) is 24.0. The Morgan fingerprint density at radius 2 is 1.32 bits per heavy atom. The molecule has 3 heterocycles. The van der Waals surface area contributed by atoms with Crippen molar-refractivity contribution in [2.24, 2.45) is 5.73 Å². The summed E-state index contributed by atoms with van der Waals surface area (Å²) in [6, 6.07) is 32.6. The fraction of sp³-hybridized carbons (Fsp3) is 0.217. The Morgan fingerprint density at radius 1 is 0.780 bits per heavy atom. The number of nitrogens with one attached hydrogen (secondary N) is 2. The lowest BCUT2D eigenvalue weighted by atomic mass is 10.1. The molecule has 59 heavy (non-hydrogen) atoms. The quantitative estimate of drug-likeness (QED) is 0.0720. The van der Waals surface area contributed by atoms with Gasteiger partial charge in [-0.05, 0) is 128 Å².